The van der Waals surface area contributed by atoms with Crippen LogP contribution in [0.3, 0.4) is 0 Å². The number of hydrogen-bond donors (Lipinski definition) is 0. The number of anilines is 1. The van der Waals surface area contributed by atoms with Crippen LogP contribution in [0, 0.1) is 10.1 Å². The summed E-state index contributed by atoms with van der Waals surface area (Å²) in [5.74, 6) is -1.06. The summed E-state index contributed by atoms with van der Waals surface area (Å²) in [7, 11) is 0. The van der Waals surface area contributed by atoms with Gasteiger partial charge in [0.05, 0.1) is 27.3 Å². The molecule has 0 spiro atoms. The quantitative estimate of drug-likeness (QED) is 0.121. The number of amides is 2. The van der Waals surface area contributed by atoms with Crippen LogP contribution in [0.25, 0.3) is 0 Å². The first-order valence-electron chi connectivity index (χ1n) is 11.3. The van der Waals surface area contributed by atoms with E-state index in [2.05, 4.69) is 0 Å². The average molecular weight is 529 g/mol. The van der Waals surface area contributed by atoms with Gasteiger partial charge in [-0.15, -0.1) is 0 Å². The van der Waals surface area contributed by atoms with Crippen LogP contribution in [-0.2, 0) is 11.3 Å². The van der Waals surface area contributed by atoms with E-state index in [0.717, 1.165) is 4.90 Å². The molecule has 0 N–H and O–H groups in total. The summed E-state index contributed by atoms with van der Waals surface area (Å²) in [5.41, 5.74) is 1.14. The fourth-order valence-electron chi connectivity index (χ4n) is 3.94. The van der Waals surface area contributed by atoms with E-state index in [9.17, 15) is 24.5 Å². The molecule has 188 valence electrons. The van der Waals surface area contributed by atoms with E-state index in [4.69, 9.17) is 21.1 Å². The molecule has 4 aromatic carbocycles. The number of imide groups is 1. The number of carbonyl (C=O) groups is 3. The Balaban J connectivity index is 1.31. The smallest absolute Gasteiger partial charge is 0.338 e. The zero-order valence-corrected chi connectivity index (χ0v) is 20.3. The van der Waals surface area contributed by atoms with E-state index in [1.807, 2.05) is 0 Å². The van der Waals surface area contributed by atoms with E-state index in [1.165, 1.54) is 42.5 Å². The molecule has 1 aliphatic rings. The molecule has 0 aliphatic carbocycles. The van der Waals surface area contributed by atoms with Gasteiger partial charge in [0.25, 0.3) is 17.5 Å². The monoisotopic (exact) mass is 528 g/mol. The predicted octanol–water partition coefficient (Wildman–Crippen LogP) is 6.20. The molecule has 5 rings (SSSR count). The lowest BCUT2D eigenvalue weighted by Crippen LogP contribution is -2.29. The van der Waals surface area contributed by atoms with Crippen molar-refractivity contribution in [2.24, 2.45) is 0 Å². The summed E-state index contributed by atoms with van der Waals surface area (Å²) in [4.78, 5) is 50.3. The molecule has 4 aromatic rings. The number of rotatable bonds is 7. The highest BCUT2D eigenvalue weighted by atomic mass is 35.5. The average Bonchev–Trinajstić information content (AvgIpc) is 3.19. The maximum Gasteiger partial charge on any atom is 0.338 e. The number of fused-ring (bicyclic) bond motifs is 1. The summed E-state index contributed by atoms with van der Waals surface area (Å²) in [6, 6.07) is 22.9. The topological polar surface area (TPSA) is 116 Å². The number of esters is 1. The maximum atomic E-state index is 13.3. The molecule has 38 heavy (non-hydrogen) atoms. The summed E-state index contributed by atoms with van der Waals surface area (Å²) >= 11 is 5.92. The van der Waals surface area contributed by atoms with Gasteiger partial charge in [-0.25, -0.2) is 9.69 Å². The molecule has 0 radical (unpaired) electrons. The van der Waals surface area contributed by atoms with Crippen molar-refractivity contribution in [3.63, 3.8) is 0 Å². The highest BCUT2D eigenvalue weighted by Crippen LogP contribution is 2.36. The molecule has 9 nitrogen and oxygen atoms in total. The largest absolute Gasteiger partial charge is 0.457 e. The Bertz CT molecular complexity index is 1580. The molecular formula is C28H17ClN2O7. The lowest BCUT2D eigenvalue weighted by molar-refractivity contribution is -0.384. The van der Waals surface area contributed by atoms with E-state index in [-0.39, 0.29) is 40.4 Å². The lowest BCUT2D eigenvalue weighted by atomic mass is 10.1. The Morgan fingerprint density at radius 3 is 2.32 bits per heavy atom. The van der Waals surface area contributed by atoms with E-state index < -0.39 is 22.7 Å². The second-order valence-corrected chi connectivity index (χ2v) is 8.67. The van der Waals surface area contributed by atoms with Gasteiger partial charge >= 0.3 is 5.97 Å². The van der Waals surface area contributed by atoms with Crippen LogP contribution in [0.5, 0.6) is 11.5 Å². The summed E-state index contributed by atoms with van der Waals surface area (Å²) in [5, 5.41) is 11.5. The highest BCUT2D eigenvalue weighted by molar-refractivity contribution is 6.35. The van der Waals surface area contributed by atoms with Crippen molar-refractivity contribution in [1.29, 1.82) is 0 Å². The van der Waals surface area contributed by atoms with Crippen molar-refractivity contribution in [3.05, 3.63) is 128 Å². The number of halogens is 1. The number of non-ortho nitro benzene ring substituents is 1. The molecule has 0 fully saturated rings. The van der Waals surface area contributed by atoms with Crippen molar-refractivity contribution in [2.75, 3.05) is 4.90 Å². The van der Waals surface area contributed by atoms with Crippen LogP contribution in [0.2, 0.25) is 5.02 Å². The molecule has 0 aromatic heterocycles. The van der Waals surface area contributed by atoms with Gasteiger partial charge in [0.2, 0.25) is 0 Å². The number of carbonyl (C=O) groups excluding carboxylic acids is 3. The number of nitrogens with zero attached hydrogens (tertiary/aromatic N) is 2. The van der Waals surface area contributed by atoms with Gasteiger partial charge in [0.1, 0.15) is 18.1 Å². The van der Waals surface area contributed by atoms with Crippen molar-refractivity contribution in [3.8, 4) is 11.5 Å². The zero-order chi connectivity index (χ0) is 26.8. The second kappa shape index (κ2) is 10.2. The Hall–Kier alpha value is -5.02. The van der Waals surface area contributed by atoms with E-state index in [1.54, 1.807) is 48.5 Å². The van der Waals surface area contributed by atoms with Crippen molar-refractivity contribution < 1.29 is 28.8 Å². The van der Waals surface area contributed by atoms with Gasteiger partial charge < -0.3 is 9.47 Å². The van der Waals surface area contributed by atoms with Gasteiger partial charge in [-0.2, -0.15) is 0 Å². The molecule has 0 saturated heterocycles. The number of nitro benzene ring substituents is 1. The molecule has 0 atom stereocenters. The highest BCUT2D eigenvalue weighted by Gasteiger charge is 2.39. The first-order chi connectivity index (χ1) is 18.3. The Labute approximate surface area is 220 Å². The third-order valence-corrected chi connectivity index (χ3v) is 6.02. The molecule has 10 heteroatoms. The number of ether oxygens (including phenoxy) is 2. The van der Waals surface area contributed by atoms with Crippen molar-refractivity contribution in [1.82, 2.24) is 0 Å². The van der Waals surface area contributed by atoms with Crippen LogP contribution in [-0.4, -0.2) is 22.7 Å². The van der Waals surface area contributed by atoms with Crippen molar-refractivity contribution in [2.45, 2.75) is 6.61 Å². The van der Waals surface area contributed by atoms with Gasteiger partial charge in [-0.05, 0) is 66.2 Å². The molecule has 0 saturated carbocycles. The first kappa shape index (κ1) is 24.7. The van der Waals surface area contributed by atoms with Gasteiger partial charge in [0, 0.05) is 17.2 Å². The molecular weight excluding hydrogens is 512 g/mol. The SMILES string of the molecule is O=C(OCc1cccc([N+](=O)[O-])c1)c1ccc(N2C(=O)c3cccc(Oc4ccc(Cl)cc4)c3C2=O)cc1. The predicted molar refractivity (Wildman–Crippen MR) is 138 cm³/mol. The van der Waals surface area contributed by atoms with Crippen LogP contribution < -0.4 is 9.64 Å². The number of nitro groups is 1. The maximum absolute atomic E-state index is 13.3. The molecule has 1 heterocycles. The number of benzene rings is 4. The lowest BCUT2D eigenvalue weighted by Gasteiger charge is -2.14. The van der Waals surface area contributed by atoms with Crippen molar-refractivity contribution >= 4 is 40.8 Å². The third-order valence-electron chi connectivity index (χ3n) is 5.77. The molecule has 0 bridgehead atoms. The fraction of sp³-hybridized carbons (Fsp3) is 0.0357. The van der Waals surface area contributed by atoms with Crippen LogP contribution in [0.1, 0.15) is 36.6 Å². The minimum atomic E-state index is -0.663. The van der Waals surface area contributed by atoms with Gasteiger partial charge in [-0.1, -0.05) is 29.8 Å². The van der Waals surface area contributed by atoms with Gasteiger partial charge in [-0.3, -0.25) is 19.7 Å². The molecule has 2 amide bonds. The second-order valence-electron chi connectivity index (χ2n) is 8.23. The molecule has 0 unspecified atom stereocenters. The molecule has 1 aliphatic heterocycles. The normalized spacial score (nSPS) is 12.3. The fourth-order valence-corrected chi connectivity index (χ4v) is 4.07. The standard InChI is InChI=1S/C28H17ClN2O7/c29-19-9-13-22(14-10-19)38-24-6-2-5-23-25(24)27(33)30(26(23)32)20-11-7-18(8-12-20)28(34)37-16-17-3-1-4-21(15-17)31(35)36/h1-15H,16H2. The summed E-state index contributed by atoms with van der Waals surface area (Å²) < 4.78 is 11.1. The van der Waals surface area contributed by atoms with Crippen LogP contribution in [0.4, 0.5) is 11.4 Å². The third kappa shape index (κ3) is 4.82. The first-order valence-corrected chi connectivity index (χ1v) is 11.7. The zero-order valence-electron chi connectivity index (χ0n) is 19.5. The van der Waals surface area contributed by atoms with E-state index >= 15 is 0 Å². The minimum absolute atomic E-state index is 0.106. The van der Waals surface area contributed by atoms with Crippen LogP contribution in [0.15, 0.2) is 91.0 Å². The van der Waals surface area contributed by atoms with E-state index in [0.29, 0.717) is 16.3 Å². The summed E-state index contributed by atoms with van der Waals surface area (Å²) in [6.45, 7) is -0.156. The Morgan fingerprint density at radius 1 is 0.895 bits per heavy atom. The Morgan fingerprint density at radius 2 is 1.61 bits per heavy atom. The van der Waals surface area contributed by atoms with Crippen LogP contribution >= 0.6 is 11.6 Å². The minimum Gasteiger partial charge on any atom is -0.457 e. The van der Waals surface area contributed by atoms with Gasteiger partial charge in [0.15, 0.2) is 0 Å². The number of hydrogen-bond acceptors (Lipinski definition) is 7. The summed E-state index contributed by atoms with van der Waals surface area (Å²) in [6.07, 6.45) is 0. The Kier molecular flexibility index (Phi) is 6.59.